The van der Waals surface area contributed by atoms with Gasteiger partial charge in [-0.1, -0.05) is 0 Å². The van der Waals surface area contributed by atoms with Gasteiger partial charge >= 0.3 is 5.97 Å². The van der Waals surface area contributed by atoms with Crippen LogP contribution in [0.2, 0.25) is 0 Å². The molecule has 0 amide bonds. The van der Waals surface area contributed by atoms with Crippen molar-refractivity contribution in [3.8, 4) is 0 Å². The van der Waals surface area contributed by atoms with Gasteiger partial charge in [-0.3, -0.25) is 0 Å². The van der Waals surface area contributed by atoms with Gasteiger partial charge in [-0.2, -0.15) is 0 Å². The normalized spacial score (nSPS) is 18.7. The van der Waals surface area contributed by atoms with Crippen LogP contribution in [0.3, 0.4) is 0 Å². The first-order valence-electron chi connectivity index (χ1n) is 4.66. The molecule has 0 aliphatic carbocycles. The van der Waals surface area contributed by atoms with Gasteiger partial charge in [0, 0.05) is 23.2 Å². The molecule has 1 N–H and O–H groups in total. The molecule has 2 heterocycles. The molecule has 0 saturated carbocycles. The summed E-state index contributed by atoms with van der Waals surface area (Å²) in [6.45, 7) is 5.30. The van der Waals surface area contributed by atoms with Crippen LogP contribution in [0.4, 0.5) is 5.00 Å². The van der Waals surface area contributed by atoms with Gasteiger partial charge in [-0.15, -0.1) is 23.1 Å². The Morgan fingerprint density at radius 3 is 2.87 bits per heavy atom. The zero-order valence-electron chi connectivity index (χ0n) is 8.90. The van der Waals surface area contributed by atoms with E-state index in [0.29, 0.717) is 4.88 Å². The Balaban J connectivity index is 2.42. The van der Waals surface area contributed by atoms with E-state index in [2.05, 4.69) is 18.7 Å². The molecule has 1 aliphatic rings. The Labute approximate surface area is 97.1 Å². The number of carbonyl (C=O) groups is 1. The second kappa shape index (κ2) is 3.42. The standard InChI is InChI=1S/C10H13NO2S2/c1-10(2)5-11(3)8-6(15-10)4-7(14-8)9(12)13/h4H,5H2,1-3H3,(H,12,13). The topological polar surface area (TPSA) is 40.5 Å². The highest BCUT2D eigenvalue weighted by molar-refractivity contribution is 8.01. The number of carboxylic acids is 1. The predicted octanol–water partition coefficient (Wildman–Crippen LogP) is 2.77. The van der Waals surface area contributed by atoms with E-state index in [4.69, 9.17) is 5.11 Å². The summed E-state index contributed by atoms with van der Waals surface area (Å²) in [6, 6.07) is 1.78. The Bertz CT molecular complexity index is 412. The molecule has 0 fully saturated rings. The van der Waals surface area contributed by atoms with E-state index < -0.39 is 5.97 Å². The maximum atomic E-state index is 10.9. The van der Waals surface area contributed by atoms with Crippen LogP contribution in [-0.2, 0) is 0 Å². The lowest BCUT2D eigenvalue weighted by Crippen LogP contribution is -2.36. The van der Waals surface area contributed by atoms with Crippen molar-refractivity contribution in [2.45, 2.75) is 23.5 Å². The maximum absolute atomic E-state index is 10.9. The molecule has 0 unspecified atom stereocenters. The van der Waals surface area contributed by atoms with Crippen molar-refractivity contribution in [2.24, 2.45) is 0 Å². The Morgan fingerprint density at radius 1 is 1.60 bits per heavy atom. The third-order valence-electron chi connectivity index (χ3n) is 2.24. The molecule has 3 nitrogen and oxygen atoms in total. The Kier molecular flexibility index (Phi) is 2.47. The molecular weight excluding hydrogens is 230 g/mol. The van der Waals surface area contributed by atoms with Crippen LogP contribution in [0.15, 0.2) is 11.0 Å². The second-order valence-corrected chi connectivity index (χ2v) is 7.08. The van der Waals surface area contributed by atoms with Crippen molar-refractivity contribution in [3.05, 3.63) is 10.9 Å². The van der Waals surface area contributed by atoms with Crippen molar-refractivity contribution in [2.75, 3.05) is 18.5 Å². The molecule has 0 radical (unpaired) electrons. The monoisotopic (exact) mass is 243 g/mol. The fourth-order valence-electron chi connectivity index (χ4n) is 1.78. The fraction of sp³-hybridized carbons (Fsp3) is 0.500. The molecule has 0 bridgehead atoms. The summed E-state index contributed by atoms with van der Waals surface area (Å²) >= 11 is 3.12. The van der Waals surface area contributed by atoms with E-state index in [1.807, 2.05) is 7.05 Å². The molecule has 0 saturated heterocycles. The van der Waals surface area contributed by atoms with Gasteiger partial charge in [-0.05, 0) is 19.9 Å². The summed E-state index contributed by atoms with van der Waals surface area (Å²) in [7, 11) is 2.02. The summed E-state index contributed by atoms with van der Waals surface area (Å²) in [5, 5.41) is 10.0. The van der Waals surface area contributed by atoms with Gasteiger partial charge in [0.1, 0.15) is 9.88 Å². The number of thioether (sulfide) groups is 1. The van der Waals surface area contributed by atoms with Gasteiger partial charge < -0.3 is 10.0 Å². The van der Waals surface area contributed by atoms with Gasteiger partial charge in [-0.25, -0.2) is 4.79 Å². The quantitative estimate of drug-likeness (QED) is 0.823. The molecule has 2 rings (SSSR count). The maximum Gasteiger partial charge on any atom is 0.345 e. The van der Waals surface area contributed by atoms with Gasteiger partial charge in [0.25, 0.3) is 0 Å². The lowest BCUT2D eigenvalue weighted by Gasteiger charge is -2.35. The van der Waals surface area contributed by atoms with E-state index in [1.54, 1.807) is 17.8 Å². The lowest BCUT2D eigenvalue weighted by molar-refractivity contribution is 0.0702. The first-order chi connectivity index (χ1) is 6.89. The number of rotatable bonds is 1. The number of hydrogen-bond acceptors (Lipinski definition) is 4. The zero-order valence-corrected chi connectivity index (χ0v) is 10.5. The van der Waals surface area contributed by atoms with E-state index in [1.165, 1.54) is 11.3 Å². The highest BCUT2D eigenvalue weighted by Crippen LogP contribution is 2.47. The van der Waals surface area contributed by atoms with Crippen LogP contribution in [-0.4, -0.2) is 29.4 Å². The number of hydrogen-bond donors (Lipinski definition) is 1. The van der Waals surface area contributed by atoms with Crippen LogP contribution >= 0.6 is 23.1 Å². The van der Waals surface area contributed by atoms with Crippen LogP contribution in [0.5, 0.6) is 0 Å². The number of fused-ring (bicyclic) bond motifs is 1. The largest absolute Gasteiger partial charge is 0.477 e. The summed E-state index contributed by atoms with van der Waals surface area (Å²) in [5.41, 5.74) is 0. The average molecular weight is 243 g/mol. The second-order valence-electron chi connectivity index (χ2n) is 4.30. The Hall–Kier alpha value is -0.680. The van der Waals surface area contributed by atoms with Crippen molar-refractivity contribution >= 4 is 34.1 Å². The van der Waals surface area contributed by atoms with Gasteiger partial charge in [0.05, 0.1) is 0 Å². The number of carboxylic acid groups (broad SMARTS) is 1. The fourth-order valence-corrected chi connectivity index (χ4v) is 4.23. The van der Waals surface area contributed by atoms with Crippen LogP contribution in [0.1, 0.15) is 23.5 Å². The van der Waals surface area contributed by atoms with Crippen LogP contribution in [0, 0.1) is 0 Å². The minimum Gasteiger partial charge on any atom is -0.477 e. The van der Waals surface area contributed by atoms with Crippen molar-refractivity contribution in [1.82, 2.24) is 0 Å². The molecule has 82 valence electrons. The smallest absolute Gasteiger partial charge is 0.345 e. The summed E-state index contributed by atoms with van der Waals surface area (Å²) in [4.78, 5) is 14.5. The molecule has 0 spiro atoms. The molecule has 0 atom stereocenters. The van der Waals surface area contributed by atoms with E-state index >= 15 is 0 Å². The van der Waals surface area contributed by atoms with Crippen molar-refractivity contribution < 1.29 is 9.90 Å². The van der Waals surface area contributed by atoms with Crippen LogP contribution in [0.25, 0.3) is 0 Å². The van der Waals surface area contributed by atoms with Gasteiger partial charge in [0.15, 0.2) is 0 Å². The van der Waals surface area contributed by atoms with E-state index in [9.17, 15) is 4.79 Å². The van der Waals surface area contributed by atoms with Crippen molar-refractivity contribution in [1.29, 1.82) is 0 Å². The average Bonchev–Trinajstić information content (AvgIpc) is 2.45. The number of aromatic carboxylic acids is 1. The summed E-state index contributed by atoms with van der Waals surface area (Å²) < 4.78 is 0.151. The highest BCUT2D eigenvalue weighted by Gasteiger charge is 2.31. The molecule has 5 heteroatoms. The first kappa shape index (κ1) is 10.8. The van der Waals surface area contributed by atoms with Crippen molar-refractivity contribution in [3.63, 3.8) is 0 Å². The minimum atomic E-state index is -0.832. The van der Waals surface area contributed by atoms with E-state index in [0.717, 1.165) is 16.4 Å². The third kappa shape index (κ3) is 1.99. The zero-order chi connectivity index (χ0) is 11.2. The minimum absolute atomic E-state index is 0.151. The first-order valence-corrected chi connectivity index (χ1v) is 6.30. The number of anilines is 1. The predicted molar refractivity (Wildman–Crippen MR) is 64.5 cm³/mol. The molecule has 0 aromatic carbocycles. The summed E-state index contributed by atoms with van der Waals surface area (Å²) in [6.07, 6.45) is 0. The molecule has 1 aliphatic heterocycles. The molecule has 15 heavy (non-hydrogen) atoms. The van der Waals surface area contributed by atoms with Crippen LogP contribution < -0.4 is 4.90 Å². The molecule has 1 aromatic heterocycles. The SMILES string of the molecule is CN1CC(C)(C)Sc2cc(C(=O)O)sc21. The number of thiophene rings is 1. The Morgan fingerprint density at radius 2 is 2.27 bits per heavy atom. The number of nitrogens with zero attached hydrogens (tertiary/aromatic N) is 1. The highest BCUT2D eigenvalue weighted by atomic mass is 32.2. The van der Waals surface area contributed by atoms with Gasteiger partial charge in [0.2, 0.25) is 0 Å². The van der Waals surface area contributed by atoms with E-state index in [-0.39, 0.29) is 4.75 Å². The lowest BCUT2D eigenvalue weighted by atomic mass is 10.2. The third-order valence-corrected chi connectivity index (χ3v) is 4.82. The molecular formula is C10H13NO2S2. The summed E-state index contributed by atoms with van der Waals surface area (Å²) in [5.74, 6) is -0.832. The molecule has 1 aromatic rings.